The summed E-state index contributed by atoms with van der Waals surface area (Å²) in [4.78, 5) is 16.6. The number of hydrogen-bond donors (Lipinski definition) is 1. The molecule has 3 rings (SSSR count). The van der Waals surface area contributed by atoms with Crippen molar-refractivity contribution in [1.29, 1.82) is 0 Å². The quantitative estimate of drug-likeness (QED) is 0.924. The molecule has 1 fully saturated rings. The fourth-order valence-corrected chi connectivity index (χ4v) is 2.61. The van der Waals surface area contributed by atoms with Gasteiger partial charge in [-0.05, 0) is 30.5 Å². The van der Waals surface area contributed by atoms with Crippen LogP contribution in [-0.2, 0) is 16.4 Å². The molecule has 0 atom stereocenters. The highest BCUT2D eigenvalue weighted by Gasteiger charge is 2.52. The molecule has 0 radical (unpaired) electrons. The third-order valence-corrected chi connectivity index (χ3v) is 4.14. The lowest BCUT2D eigenvalue weighted by atomic mass is 9.93. The first-order valence-electron chi connectivity index (χ1n) is 7.34. The molecular formula is C17H15F3N2O2. The fourth-order valence-electron chi connectivity index (χ4n) is 2.61. The van der Waals surface area contributed by atoms with Crippen LogP contribution in [0.2, 0.25) is 0 Å². The fraction of sp³-hybridized carbons (Fsp3) is 0.294. The number of benzene rings is 1. The van der Waals surface area contributed by atoms with Crippen LogP contribution in [0.25, 0.3) is 0 Å². The van der Waals surface area contributed by atoms with Crippen LogP contribution in [0.15, 0.2) is 42.6 Å². The number of nitrogens with one attached hydrogen (secondary N) is 1. The number of rotatable bonds is 4. The molecule has 1 aromatic carbocycles. The Balaban J connectivity index is 1.84. The molecule has 0 bridgehead atoms. The Bertz CT molecular complexity index is 770. The summed E-state index contributed by atoms with van der Waals surface area (Å²) < 4.78 is 43.7. The highest BCUT2D eigenvalue weighted by atomic mass is 19.4. The molecule has 2 aromatic rings. The van der Waals surface area contributed by atoms with Crippen molar-refractivity contribution in [1.82, 2.24) is 4.98 Å². The Morgan fingerprint density at radius 3 is 2.62 bits per heavy atom. The lowest BCUT2D eigenvalue weighted by Gasteiger charge is -2.17. The van der Waals surface area contributed by atoms with Gasteiger partial charge in [0.2, 0.25) is 5.91 Å². The second kappa shape index (κ2) is 5.81. The number of nitrogens with zero attached hydrogens (tertiary/aromatic N) is 1. The third-order valence-electron chi connectivity index (χ3n) is 4.14. The van der Waals surface area contributed by atoms with Gasteiger partial charge in [0.05, 0.1) is 18.1 Å². The molecule has 0 saturated heterocycles. The van der Waals surface area contributed by atoms with Gasteiger partial charge < -0.3 is 10.1 Å². The molecule has 1 heterocycles. The summed E-state index contributed by atoms with van der Waals surface area (Å²) in [6.45, 7) is 0. The van der Waals surface area contributed by atoms with Crippen LogP contribution < -0.4 is 10.1 Å². The molecule has 0 spiro atoms. The van der Waals surface area contributed by atoms with Crippen LogP contribution in [0.5, 0.6) is 5.75 Å². The molecule has 1 saturated carbocycles. The van der Waals surface area contributed by atoms with Gasteiger partial charge in [-0.1, -0.05) is 18.2 Å². The van der Waals surface area contributed by atoms with Gasteiger partial charge in [0, 0.05) is 12.3 Å². The van der Waals surface area contributed by atoms with Crippen LogP contribution in [0, 0.1) is 0 Å². The van der Waals surface area contributed by atoms with Gasteiger partial charge in [0.15, 0.2) is 0 Å². The number of alkyl halides is 3. The van der Waals surface area contributed by atoms with E-state index >= 15 is 0 Å². The lowest BCUT2D eigenvalue weighted by molar-refractivity contribution is -0.137. The molecule has 0 aliphatic heterocycles. The number of hydrogen-bond acceptors (Lipinski definition) is 3. The van der Waals surface area contributed by atoms with Gasteiger partial charge in [-0.3, -0.25) is 4.79 Å². The number of amides is 1. The average Bonchev–Trinajstić information content (AvgIpc) is 3.36. The maximum atomic E-state index is 12.9. The lowest BCUT2D eigenvalue weighted by Crippen LogP contribution is -2.28. The van der Waals surface area contributed by atoms with Crippen molar-refractivity contribution in [2.75, 3.05) is 12.4 Å². The van der Waals surface area contributed by atoms with Gasteiger partial charge >= 0.3 is 6.18 Å². The van der Waals surface area contributed by atoms with E-state index < -0.39 is 17.2 Å². The second-order valence-corrected chi connectivity index (χ2v) is 5.70. The van der Waals surface area contributed by atoms with E-state index in [1.807, 2.05) is 0 Å². The summed E-state index contributed by atoms with van der Waals surface area (Å²) in [6.07, 6.45) is -1.94. The molecule has 1 aliphatic carbocycles. The maximum absolute atomic E-state index is 12.9. The Hall–Kier alpha value is -2.57. The molecule has 7 heteroatoms. The smallest absolute Gasteiger partial charge is 0.416 e. The van der Waals surface area contributed by atoms with Crippen LogP contribution in [-0.4, -0.2) is 18.0 Å². The third kappa shape index (κ3) is 3.06. The maximum Gasteiger partial charge on any atom is 0.416 e. The first kappa shape index (κ1) is 16.3. The van der Waals surface area contributed by atoms with E-state index in [-0.39, 0.29) is 5.91 Å². The minimum absolute atomic E-state index is 0.303. The van der Waals surface area contributed by atoms with Gasteiger partial charge in [0.25, 0.3) is 0 Å². The molecule has 1 aliphatic rings. The van der Waals surface area contributed by atoms with Gasteiger partial charge in [-0.2, -0.15) is 13.2 Å². The summed E-state index contributed by atoms with van der Waals surface area (Å²) in [5.74, 6) is 0.476. The summed E-state index contributed by atoms with van der Waals surface area (Å²) in [5, 5.41) is 2.66. The minimum Gasteiger partial charge on any atom is -0.497 e. The number of methoxy groups -OCH3 is 1. The van der Waals surface area contributed by atoms with Crippen LogP contribution >= 0.6 is 0 Å². The Kier molecular flexibility index (Phi) is 3.95. The second-order valence-electron chi connectivity index (χ2n) is 5.70. The standard InChI is InChI=1S/C17H15F3N2O2/c1-24-13-5-8-21-14(10-13)22-15(23)16(6-7-16)11-3-2-4-12(9-11)17(18,19)20/h2-5,8-10H,6-7H2,1H3,(H,21,22,23). The SMILES string of the molecule is COc1ccnc(NC(=O)C2(c3cccc(C(F)(F)F)c3)CC2)c1. The first-order valence-corrected chi connectivity index (χ1v) is 7.34. The molecule has 1 N–H and O–H groups in total. The number of carbonyl (C=O) groups excluding carboxylic acids is 1. The monoisotopic (exact) mass is 336 g/mol. The van der Waals surface area contributed by atoms with Crippen LogP contribution in [0.4, 0.5) is 19.0 Å². The van der Waals surface area contributed by atoms with E-state index in [1.165, 1.54) is 19.4 Å². The molecule has 4 nitrogen and oxygen atoms in total. The average molecular weight is 336 g/mol. The molecule has 126 valence electrons. The largest absolute Gasteiger partial charge is 0.497 e. The van der Waals surface area contributed by atoms with E-state index in [0.717, 1.165) is 12.1 Å². The van der Waals surface area contributed by atoms with Crippen molar-refractivity contribution < 1.29 is 22.7 Å². The summed E-state index contributed by atoms with van der Waals surface area (Å²) >= 11 is 0. The van der Waals surface area contributed by atoms with Gasteiger partial charge in [-0.15, -0.1) is 0 Å². The zero-order chi connectivity index (χ0) is 17.4. The molecular weight excluding hydrogens is 321 g/mol. The Labute approximate surface area is 136 Å². The highest BCUT2D eigenvalue weighted by molar-refractivity contribution is 6.01. The summed E-state index contributed by atoms with van der Waals surface area (Å²) in [5.41, 5.74) is -1.30. The van der Waals surface area contributed by atoms with Crippen molar-refractivity contribution in [2.24, 2.45) is 0 Å². The number of carbonyl (C=O) groups is 1. The van der Waals surface area contributed by atoms with Crippen molar-refractivity contribution in [2.45, 2.75) is 24.4 Å². The molecule has 1 amide bonds. The number of ether oxygens (including phenoxy) is 1. The van der Waals surface area contributed by atoms with E-state index in [1.54, 1.807) is 18.2 Å². The van der Waals surface area contributed by atoms with Gasteiger partial charge in [0.1, 0.15) is 11.6 Å². The normalized spacial score (nSPS) is 15.7. The zero-order valence-electron chi connectivity index (χ0n) is 12.9. The van der Waals surface area contributed by atoms with E-state index in [2.05, 4.69) is 10.3 Å². The number of aromatic nitrogens is 1. The number of halogens is 3. The van der Waals surface area contributed by atoms with Crippen molar-refractivity contribution >= 4 is 11.7 Å². The summed E-state index contributed by atoms with van der Waals surface area (Å²) in [7, 11) is 1.49. The zero-order valence-corrected chi connectivity index (χ0v) is 12.9. The van der Waals surface area contributed by atoms with E-state index in [0.29, 0.717) is 30.0 Å². The van der Waals surface area contributed by atoms with Crippen molar-refractivity contribution in [3.05, 3.63) is 53.7 Å². The molecule has 0 unspecified atom stereocenters. The predicted octanol–water partition coefficient (Wildman–Crippen LogP) is 3.78. The van der Waals surface area contributed by atoms with Crippen LogP contribution in [0.3, 0.4) is 0 Å². The van der Waals surface area contributed by atoms with Crippen LogP contribution in [0.1, 0.15) is 24.0 Å². The van der Waals surface area contributed by atoms with E-state index in [4.69, 9.17) is 4.74 Å². The topological polar surface area (TPSA) is 51.2 Å². The highest BCUT2D eigenvalue weighted by Crippen LogP contribution is 2.49. The Morgan fingerprint density at radius 2 is 2.00 bits per heavy atom. The predicted molar refractivity (Wildman–Crippen MR) is 81.8 cm³/mol. The number of pyridine rings is 1. The first-order chi connectivity index (χ1) is 11.3. The van der Waals surface area contributed by atoms with Crippen molar-refractivity contribution in [3.8, 4) is 5.75 Å². The van der Waals surface area contributed by atoms with Gasteiger partial charge in [-0.25, -0.2) is 4.98 Å². The van der Waals surface area contributed by atoms with Crippen molar-refractivity contribution in [3.63, 3.8) is 0 Å². The molecule has 1 aromatic heterocycles. The Morgan fingerprint density at radius 1 is 1.25 bits per heavy atom. The number of anilines is 1. The summed E-state index contributed by atoms with van der Waals surface area (Å²) in [6, 6.07) is 8.12. The minimum atomic E-state index is -4.43. The van der Waals surface area contributed by atoms with E-state index in [9.17, 15) is 18.0 Å². The molecule has 24 heavy (non-hydrogen) atoms.